The minimum absolute atomic E-state index is 0.0405. The second-order valence-electron chi connectivity index (χ2n) is 4.26. The zero-order valence-corrected chi connectivity index (χ0v) is 10.3. The molecule has 17 heavy (non-hydrogen) atoms. The number of nitrogens with one attached hydrogen (secondary N) is 1. The fourth-order valence-corrected chi connectivity index (χ4v) is 1.49. The minimum atomic E-state index is -0.502. The minimum Gasteiger partial charge on any atom is -0.392 e. The largest absolute Gasteiger partial charge is 0.392 e. The lowest BCUT2D eigenvalue weighted by atomic mass is 9.99. The van der Waals surface area contributed by atoms with Gasteiger partial charge in [-0.3, -0.25) is 4.79 Å². The molecule has 0 radical (unpaired) electrons. The third kappa shape index (κ3) is 3.84. The predicted molar refractivity (Wildman–Crippen MR) is 68.4 cm³/mol. The van der Waals surface area contributed by atoms with Gasteiger partial charge in [-0.05, 0) is 23.6 Å². The first-order valence-corrected chi connectivity index (χ1v) is 5.84. The Hall–Kier alpha value is -1.39. The molecule has 4 heteroatoms. The number of hydrogen-bond acceptors (Lipinski definition) is 3. The Morgan fingerprint density at radius 3 is 2.82 bits per heavy atom. The number of carbonyl (C=O) groups is 1. The summed E-state index contributed by atoms with van der Waals surface area (Å²) in [6.45, 7) is 3.92. The molecule has 1 rings (SSSR count). The van der Waals surface area contributed by atoms with Gasteiger partial charge in [-0.2, -0.15) is 0 Å². The number of carbonyl (C=O) groups excluding carboxylic acids is 1. The standard InChI is InChI=1S/C13H20N2O2/c1-3-9(2)12(14)13(17)15-11-6-4-5-10(7-11)8-16/h4-7,9,12,16H,3,8,14H2,1-2H3,(H,15,17)/t9?,12-/m0/s1. The highest BCUT2D eigenvalue weighted by Gasteiger charge is 2.19. The van der Waals surface area contributed by atoms with Gasteiger partial charge in [0.1, 0.15) is 0 Å². The highest BCUT2D eigenvalue weighted by atomic mass is 16.3. The second-order valence-corrected chi connectivity index (χ2v) is 4.26. The quantitative estimate of drug-likeness (QED) is 0.725. The summed E-state index contributed by atoms with van der Waals surface area (Å²) in [4.78, 5) is 11.8. The summed E-state index contributed by atoms with van der Waals surface area (Å²) in [5.74, 6) is -0.0366. The molecule has 0 aromatic heterocycles. The van der Waals surface area contributed by atoms with Crippen molar-refractivity contribution in [2.45, 2.75) is 32.9 Å². The second kappa shape index (κ2) is 6.37. The number of nitrogens with two attached hydrogens (primary N) is 1. The van der Waals surface area contributed by atoms with Crippen molar-refractivity contribution >= 4 is 11.6 Å². The van der Waals surface area contributed by atoms with Gasteiger partial charge in [0.25, 0.3) is 0 Å². The first-order chi connectivity index (χ1) is 8.08. The van der Waals surface area contributed by atoms with Crippen molar-refractivity contribution < 1.29 is 9.90 Å². The van der Waals surface area contributed by atoms with Gasteiger partial charge in [-0.25, -0.2) is 0 Å². The van der Waals surface area contributed by atoms with Crippen molar-refractivity contribution in [2.24, 2.45) is 11.7 Å². The molecule has 0 heterocycles. The SMILES string of the molecule is CCC(C)[C@H](N)C(=O)Nc1cccc(CO)c1. The first kappa shape index (κ1) is 13.7. The van der Waals surface area contributed by atoms with Crippen molar-refractivity contribution in [3.05, 3.63) is 29.8 Å². The average Bonchev–Trinajstić information content (AvgIpc) is 2.37. The molecule has 4 N–H and O–H groups in total. The third-order valence-corrected chi connectivity index (χ3v) is 2.94. The van der Waals surface area contributed by atoms with Crippen molar-refractivity contribution in [3.63, 3.8) is 0 Å². The van der Waals surface area contributed by atoms with E-state index in [1.165, 1.54) is 0 Å². The number of aliphatic hydroxyl groups is 1. The molecule has 0 bridgehead atoms. The van der Waals surface area contributed by atoms with Gasteiger partial charge in [-0.1, -0.05) is 32.4 Å². The van der Waals surface area contributed by atoms with E-state index in [1.54, 1.807) is 24.3 Å². The van der Waals surface area contributed by atoms with Crippen LogP contribution in [0.5, 0.6) is 0 Å². The van der Waals surface area contributed by atoms with Crippen LogP contribution in [-0.4, -0.2) is 17.1 Å². The normalized spacial score (nSPS) is 14.1. The maximum atomic E-state index is 11.8. The Bertz CT molecular complexity index is 379. The Labute approximate surface area is 102 Å². The summed E-state index contributed by atoms with van der Waals surface area (Å²) in [7, 11) is 0. The van der Waals surface area contributed by atoms with Crippen LogP contribution in [-0.2, 0) is 11.4 Å². The van der Waals surface area contributed by atoms with Gasteiger partial charge < -0.3 is 16.2 Å². The molecule has 0 saturated carbocycles. The Balaban J connectivity index is 2.67. The number of aliphatic hydroxyl groups excluding tert-OH is 1. The maximum Gasteiger partial charge on any atom is 0.241 e. The number of rotatable bonds is 5. The Morgan fingerprint density at radius 2 is 2.24 bits per heavy atom. The summed E-state index contributed by atoms with van der Waals surface area (Å²) in [6, 6.07) is 6.60. The molecule has 0 fully saturated rings. The van der Waals surface area contributed by atoms with Crippen LogP contribution in [0.2, 0.25) is 0 Å². The molecule has 94 valence electrons. The zero-order chi connectivity index (χ0) is 12.8. The van der Waals surface area contributed by atoms with Gasteiger partial charge in [0.15, 0.2) is 0 Å². The lowest BCUT2D eigenvalue weighted by Crippen LogP contribution is -2.40. The molecule has 1 aromatic rings. The highest BCUT2D eigenvalue weighted by molar-refractivity contribution is 5.94. The van der Waals surface area contributed by atoms with E-state index in [4.69, 9.17) is 10.8 Å². The van der Waals surface area contributed by atoms with E-state index in [-0.39, 0.29) is 18.4 Å². The Morgan fingerprint density at radius 1 is 1.53 bits per heavy atom. The summed E-state index contributed by atoms with van der Waals surface area (Å²) < 4.78 is 0. The van der Waals surface area contributed by atoms with Gasteiger partial charge in [0, 0.05) is 5.69 Å². The monoisotopic (exact) mass is 236 g/mol. The van der Waals surface area contributed by atoms with Crippen molar-refractivity contribution in [1.29, 1.82) is 0 Å². The summed E-state index contributed by atoms with van der Waals surface area (Å²) in [5.41, 5.74) is 7.26. The van der Waals surface area contributed by atoms with Crippen LogP contribution in [0.4, 0.5) is 5.69 Å². The van der Waals surface area contributed by atoms with Crippen LogP contribution in [0.1, 0.15) is 25.8 Å². The van der Waals surface area contributed by atoms with E-state index in [0.717, 1.165) is 12.0 Å². The zero-order valence-electron chi connectivity index (χ0n) is 10.3. The van der Waals surface area contributed by atoms with E-state index in [9.17, 15) is 4.79 Å². The van der Waals surface area contributed by atoms with Gasteiger partial charge in [0.05, 0.1) is 12.6 Å². The fraction of sp³-hybridized carbons (Fsp3) is 0.462. The fourth-order valence-electron chi connectivity index (χ4n) is 1.49. The smallest absolute Gasteiger partial charge is 0.241 e. The number of anilines is 1. The summed E-state index contributed by atoms with van der Waals surface area (Å²) in [6.07, 6.45) is 0.866. The molecule has 0 spiro atoms. The molecule has 1 unspecified atom stereocenters. The molecule has 4 nitrogen and oxygen atoms in total. The lowest BCUT2D eigenvalue weighted by molar-refractivity contribution is -0.118. The number of hydrogen-bond donors (Lipinski definition) is 3. The molecule has 0 aliphatic rings. The van der Waals surface area contributed by atoms with Gasteiger partial charge in [-0.15, -0.1) is 0 Å². The van der Waals surface area contributed by atoms with E-state index in [2.05, 4.69) is 5.32 Å². The van der Waals surface area contributed by atoms with Crippen molar-refractivity contribution in [1.82, 2.24) is 0 Å². The molecule has 2 atom stereocenters. The summed E-state index contributed by atoms with van der Waals surface area (Å²) >= 11 is 0. The molecular weight excluding hydrogens is 216 g/mol. The third-order valence-electron chi connectivity index (χ3n) is 2.94. The molecule has 1 aromatic carbocycles. The van der Waals surface area contributed by atoms with Crippen LogP contribution in [0.25, 0.3) is 0 Å². The lowest BCUT2D eigenvalue weighted by Gasteiger charge is -2.17. The van der Waals surface area contributed by atoms with Crippen LogP contribution < -0.4 is 11.1 Å². The van der Waals surface area contributed by atoms with Crippen molar-refractivity contribution in [3.8, 4) is 0 Å². The number of benzene rings is 1. The van der Waals surface area contributed by atoms with Gasteiger partial charge in [0.2, 0.25) is 5.91 Å². The average molecular weight is 236 g/mol. The predicted octanol–water partition coefficient (Wildman–Crippen LogP) is 1.49. The van der Waals surface area contributed by atoms with Crippen molar-refractivity contribution in [2.75, 3.05) is 5.32 Å². The van der Waals surface area contributed by atoms with Crippen LogP contribution in [0.3, 0.4) is 0 Å². The highest BCUT2D eigenvalue weighted by Crippen LogP contribution is 2.13. The molecule has 0 aliphatic carbocycles. The van der Waals surface area contributed by atoms with Crippen LogP contribution >= 0.6 is 0 Å². The molecular formula is C13H20N2O2. The van der Waals surface area contributed by atoms with E-state index >= 15 is 0 Å². The Kier molecular flexibility index (Phi) is 5.12. The molecule has 0 aliphatic heterocycles. The van der Waals surface area contributed by atoms with Crippen LogP contribution in [0, 0.1) is 5.92 Å². The van der Waals surface area contributed by atoms with Gasteiger partial charge >= 0.3 is 0 Å². The van der Waals surface area contributed by atoms with E-state index in [0.29, 0.717) is 5.69 Å². The van der Waals surface area contributed by atoms with E-state index in [1.807, 2.05) is 13.8 Å². The molecule has 0 saturated heterocycles. The molecule has 1 amide bonds. The maximum absolute atomic E-state index is 11.8. The first-order valence-electron chi connectivity index (χ1n) is 5.84. The summed E-state index contributed by atoms with van der Waals surface area (Å²) in [5, 5.41) is 11.8. The van der Waals surface area contributed by atoms with E-state index < -0.39 is 6.04 Å². The topological polar surface area (TPSA) is 75.4 Å². The van der Waals surface area contributed by atoms with Crippen LogP contribution in [0.15, 0.2) is 24.3 Å². The number of amides is 1.